The first-order valence-electron chi connectivity index (χ1n) is 5.04. The van der Waals surface area contributed by atoms with Crippen LogP contribution in [0.2, 0.25) is 0 Å². The normalized spacial score (nSPS) is 12.8. The Bertz CT molecular complexity index is 212. The van der Waals surface area contributed by atoms with Gasteiger partial charge in [-0.1, -0.05) is 43.7 Å². The van der Waals surface area contributed by atoms with E-state index in [1.807, 2.05) is 0 Å². The minimum atomic E-state index is 0.712. The molecule has 1 heteroatoms. The van der Waals surface area contributed by atoms with Gasteiger partial charge in [0.2, 0.25) is 0 Å². The Balaban J connectivity index is 2.64. The summed E-state index contributed by atoms with van der Waals surface area (Å²) >= 11 is 4.30. The summed E-state index contributed by atoms with van der Waals surface area (Å²) in [6.07, 6.45) is 3.73. The fraction of sp³-hybridized carbons (Fsp3) is 0.500. The maximum atomic E-state index is 4.30. The average Bonchev–Trinajstić information content (AvgIpc) is 2.19. The predicted molar refractivity (Wildman–Crippen MR) is 62.6 cm³/mol. The van der Waals surface area contributed by atoms with Crippen LogP contribution in [0.3, 0.4) is 0 Å². The van der Waals surface area contributed by atoms with Gasteiger partial charge in [-0.05, 0) is 30.1 Å². The lowest BCUT2D eigenvalue weighted by Crippen LogP contribution is -1.99. The van der Waals surface area contributed by atoms with Gasteiger partial charge in [-0.3, -0.25) is 0 Å². The van der Waals surface area contributed by atoms with Gasteiger partial charge in [0.15, 0.2) is 0 Å². The molecule has 0 saturated carbocycles. The molecular formula is C12H18S. The van der Waals surface area contributed by atoms with Crippen molar-refractivity contribution in [2.24, 2.45) is 0 Å². The largest absolute Gasteiger partial charge is 0.179 e. The van der Waals surface area contributed by atoms with E-state index in [4.69, 9.17) is 0 Å². The average molecular weight is 194 g/mol. The molecule has 0 amide bonds. The summed E-state index contributed by atoms with van der Waals surface area (Å²) < 4.78 is 0. The molecule has 0 nitrogen and oxygen atoms in total. The third-order valence-corrected chi connectivity index (χ3v) is 2.64. The number of hydrogen-bond donors (Lipinski definition) is 1. The molecule has 1 aromatic rings. The molecule has 72 valence electrons. The Morgan fingerprint density at radius 1 is 1.15 bits per heavy atom. The maximum Gasteiger partial charge on any atom is -0.00921 e. The molecule has 0 N–H and O–H groups in total. The lowest BCUT2D eigenvalue weighted by molar-refractivity contribution is 0.600. The molecule has 0 spiro atoms. The van der Waals surface area contributed by atoms with Gasteiger partial charge in [-0.25, -0.2) is 0 Å². The highest BCUT2D eigenvalue weighted by Gasteiger charge is 2.08. The predicted octanol–water partition coefficient (Wildman–Crippen LogP) is 3.89. The molecule has 0 fully saturated rings. The SMILES string of the molecule is CCCC(CCS)c1ccccc1. The summed E-state index contributed by atoms with van der Waals surface area (Å²) in [7, 11) is 0. The first-order valence-corrected chi connectivity index (χ1v) is 5.67. The van der Waals surface area contributed by atoms with Crippen molar-refractivity contribution < 1.29 is 0 Å². The summed E-state index contributed by atoms with van der Waals surface area (Å²) in [5.41, 5.74) is 1.47. The lowest BCUT2D eigenvalue weighted by atomic mass is 9.92. The molecule has 0 aliphatic heterocycles. The number of hydrogen-bond acceptors (Lipinski definition) is 1. The molecule has 0 saturated heterocycles. The second kappa shape index (κ2) is 6.09. The van der Waals surface area contributed by atoms with E-state index < -0.39 is 0 Å². The van der Waals surface area contributed by atoms with Crippen LogP contribution < -0.4 is 0 Å². The van der Waals surface area contributed by atoms with E-state index in [1.54, 1.807) is 0 Å². The summed E-state index contributed by atoms with van der Waals surface area (Å²) in [5, 5.41) is 0. The highest BCUT2D eigenvalue weighted by Crippen LogP contribution is 2.24. The second-order valence-electron chi connectivity index (χ2n) is 3.41. The molecule has 0 bridgehead atoms. The molecule has 1 aromatic carbocycles. The second-order valence-corrected chi connectivity index (χ2v) is 3.86. The molecule has 13 heavy (non-hydrogen) atoms. The van der Waals surface area contributed by atoms with Gasteiger partial charge in [0, 0.05) is 0 Å². The highest BCUT2D eigenvalue weighted by molar-refractivity contribution is 7.80. The fourth-order valence-corrected chi connectivity index (χ4v) is 2.02. The van der Waals surface area contributed by atoms with E-state index in [0.717, 1.165) is 5.75 Å². The molecule has 0 heterocycles. The van der Waals surface area contributed by atoms with Crippen molar-refractivity contribution in [3.8, 4) is 0 Å². The third-order valence-electron chi connectivity index (χ3n) is 2.39. The molecule has 1 atom stereocenters. The third kappa shape index (κ3) is 3.43. The van der Waals surface area contributed by atoms with Crippen molar-refractivity contribution in [1.82, 2.24) is 0 Å². The summed E-state index contributed by atoms with van der Waals surface area (Å²) in [4.78, 5) is 0. The fourth-order valence-electron chi connectivity index (χ4n) is 1.71. The monoisotopic (exact) mass is 194 g/mol. The lowest BCUT2D eigenvalue weighted by Gasteiger charge is -2.14. The zero-order valence-electron chi connectivity index (χ0n) is 8.24. The molecule has 1 rings (SSSR count). The molecule has 1 unspecified atom stereocenters. The standard InChI is InChI=1S/C12H18S/c1-2-6-11(9-10-13)12-7-4-3-5-8-12/h3-5,7-8,11,13H,2,6,9-10H2,1H3. The molecule has 0 aliphatic rings. The van der Waals surface area contributed by atoms with E-state index in [1.165, 1.54) is 24.8 Å². The number of rotatable bonds is 5. The Kier molecular flexibility index (Phi) is 4.99. The molecule has 0 radical (unpaired) electrons. The molecule has 0 aromatic heterocycles. The van der Waals surface area contributed by atoms with Crippen molar-refractivity contribution >= 4 is 12.6 Å². The molecule has 0 aliphatic carbocycles. The first-order chi connectivity index (χ1) is 6.38. The maximum absolute atomic E-state index is 4.30. The summed E-state index contributed by atoms with van der Waals surface area (Å²) in [6.45, 7) is 2.24. The van der Waals surface area contributed by atoms with Crippen LogP contribution in [0, 0.1) is 0 Å². The van der Waals surface area contributed by atoms with E-state index in [9.17, 15) is 0 Å². The quantitative estimate of drug-likeness (QED) is 0.675. The first kappa shape index (κ1) is 10.6. The van der Waals surface area contributed by atoms with Crippen LogP contribution in [0.5, 0.6) is 0 Å². The Labute approximate surface area is 86.8 Å². The van der Waals surface area contributed by atoms with Crippen LogP contribution in [-0.4, -0.2) is 5.75 Å². The Hall–Kier alpha value is -0.430. The van der Waals surface area contributed by atoms with Gasteiger partial charge in [-0.2, -0.15) is 12.6 Å². The smallest absolute Gasteiger partial charge is 0.00921 e. The minimum Gasteiger partial charge on any atom is -0.179 e. The minimum absolute atomic E-state index is 0.712. The van der Waals surface area contributed by atoms with E-state index >= 15 is 0 Å². The Morgan fingerprint density at radius 2 is 1.85 bits per heavy atom. The van der Waals surface area contributed by atoms with Crippen LogP contribution in [0.15, 0.2) is 30.3 Å². The van der Waals surface area contributed by atoms with Crippen LogP contribution in [-0.2, 0) is 0 Å². The van der Waals surface area contributed by atoms with Gasteiger partial charge >= 0.3 is 0 Å². The van der Waals surface area contributed by atoms with Gasteiger partial charge in [0.1, 0.15) is 0 Å². The van der Waals surface area contributed by atoms with Crippen LogP contribution in [0.1, 0.15) is 37.7 Å². The van der Waals surface area contributed by atoms with Crippen LogP contribution in [0.25, 0.3) is 0 Å². The number of benzene rings is 1. The van der Waals surface area contributed by atoms with E-state index in [0.29, 0.717) is 5.92 Å². The highest BCUT2D eigenvalue weighted by atomic mass is 32.1. The van der Waals surface area contributed by atoms with Crippen molar-refractivity contribution in [3.05, 3.63) is 35.9 Å². The zero-order chi connectivity index (χ0) is 9.52. The summed E-state index contributed by atoms with van der Waals surface area (Å²) in [5.74, 6) is 1.70. The van der Waals surface area contributed by atoms with Crippen molar-refractivity contribution in [2.45, 2.75) is 32.1 Å². The van der Waals surface area contributed by atoms with E-state index in [2.05, 4.69) is 49.9 Å². The van der Waals surface area contributed by atoms with E-state index in [-0.39, 0.29) is 0 Å². The van der Waals surface area contributed by atoms with Gasteiger partial charge in [0.25, 0.3) is 0 Å². The number of thiol groups is 1. The van der Waals surface area contributed by atoms with Crippen molar-refractivity contribution in [1.29, 1.82) is 0 Å². The van der Waals surface area contributed by atoms with Crippen LogP contribution >= 0.6 is 12.6 Å². The molecular weight excluding hydrogens is 176 g/mol. The van der Waals surface area contributed by atoms with Crippen molar-refractivity contribution in [3.63, 3.8) is 0 Å². The van der Waals surface area contributed by atoms with Gasteiger partial charge in [-0.15, -0.1) is 0 Å². The van der Waals surface area contributed by atoms with Gasteiger partial charge < -0.3 is 0 Å². The topological polar surface area (TPSA) is 0 Å². The van der Waals surface area contributed by atoms with Gasteiger partial charge in [0.05, 0.1) is 0 Å². The zero-order valence-corrected chi connectivity index (χ0v) is 9.13. The Morgan fingerprint density at radius 3 is 2.38 bits per heavy atom. The van der Waals surface area contributed by atoms with Crippen molar-refractivity contribution in [2.75, 3.05) is 5.75 Å². The van der Waals surface area contributed by atoms with Crippen LogP contribution in [0.4, 0.5) is 0 Å². The summed E-state index contributed by atoms with van der Waals surface area (Å²) in [6, 6.07) is 10.8.